The molecule has 0 amide bonds. The highest BCUT2D eigenvalue weighted by Gasteiger charge is 2.22. The van der Waals surface area contributed by atoms with Gasteiger partial charge in [-0.2, -0.15) is 4.98 Å². The fourth-order valence-electron chi connectivity index (χ4n) is 2.68. The first-order valence-electron chi connectivity index (χ1n) is 7.38. The van der Waals surface area contributed by atoms with E-state index in [0.717, 1.165) is 37.3 Å². The summed E-state index contributed by atoms with van der Waals surface area (Å²) in [5, 5.41) is 0. The van der Waals surface area contributed by atoms with E-state index in [4.69, 9.17) is 10.5 Å². The van der Waals surface area contributed by atoms with Gasteiger partial charge in [-0.3, -0.25) is 0 Å². The van der Waals surface area contributed by atoms with E-state index in [1.54, 1.807) is 18.3 Å². The molecular formula is C16H19FN4O. The van der Waals surface area contributed by atoms with Gasteiger partial charge < -0.3 is 15.4 Å². The average molecular weight is 302 g/mol. The smallest absolute Gasteiger partial charge is 0.221 e. The topological polar surface area (TPSA) is 64.3 Å². The normalized spacial score (nSPS) is 15.8. The molecule has 1 aromatic carbocycles. The van der Waals surface area contributed by atoms with Gasteiger partial charge in [-0.15, -0.1) is 0 Å². The van der Waals surface area contributed by atoms with Crippen LogP contribution in [0.25, 0.3) is 0 Å². The van der Waals surface area contributed by atoms with Crippen molar-refractivity contribution in [3.8, 4) is 5.75 Å². The summed E-state index contributed by atoms with van der Waals surface area (Å²) < 4.78 is 19.0. The number of hydrogen-bond acceptors (Lipinski definition) is 5. The highest BCUT2D eigenvalue weighted by atomic mass is 19.1. The maximum absolute atomic E-state index is 13.2. The summed E-state index contributed by atoms with van der Waals surface area (Å²) in [5.74, 6) is 1.48. The number of benzene rings is 1. The number of anilines is 2. The molecule has 0 atom stereocenters. The van der Waals surface area contributed by atoms with Crippen molar-refractivity contribution < 1.29 is 9.13 Å². The van der Waals surface area contributed by atoms with Crippen LogP contribution in [-0.4, -0.2) is 29.2 Å². The number of halogens is 1. The molecule has 3 rings (SSSR count). The van der Waals surface area contributed by atoms with Crippen LogP contribution in [0.2, 0.25) is 0 Å². The van der Waals surface area contributed by atoms with Crippen molar-refractivity contribution in [2.24, 2.45) is 0 Å². The van der Waals surface area contributed by atoms with Crippen LogP contribution in [0, 0.1) is 12.7 Å². The van der Waals surface area contributed by atoms with Gasteiger partial charge in [0, 0.05) is 43.8 Å². The fraction of sp³-hybridized carbons (Fsp3) is 0.375. The summed E-state index contributed by atoms with van der Waals surface area (Å²) in [4.78, 5) is 10.5. The first-order valence-corrected chi connectivity index (χ1v) is 7.38. The maximum Gasteiger partial charge on any atom is 0.221 e. The second-order valence-electron chi connectivity index (χ2n) is 5.50. The Balaban J connectivity index is 1.61. The number of nitrogens with two attached hydrogens (primary N) is 1. The lowest BCUT2D eigenvalue weighted by Crippen LogP contribution is -2.39. The summed E-state index contributed by atoms with van der Waals surface area (Å²) in [6.07, 6.45) is 3.56. The predicted molar refractivity (Wildman–Crippen MR) is 83.4 cm³/mol. The molecule has 6 heteroatoms. The Bertz CT molecular complexity index is 656. The molecule has 1 saturated heterocycles. The van der Waals surface area contributed by atoms with Gasteiger partial charge in [0.05, 0.1) is 0 Å². The molecule has 2 aromatic rings. The van der Waals surface area contributed by atoms with Crippen molar-refractivity contribution in [1.82, 2.24) is 9.97 Å². The molecule has 5 nitrogen and oxygen atoms in total. The molecule has 0 aliphatic carbocycles. The monoisotopic (exact) mass is 302 g/mol. The molecule has 0 saturated carbocycles. The summed E-state index contributed by atoms with van der Waals surface area (Å²) in [6, 6.07) is 6.27. The van der Waals surface area contributed by atoms with Gasteiger partial charge in [0.2, 0.25) is 5.95 Å². The molecule has 1 fully saturated rings. The zero-order valence-corrected chi connectivity index (χ0v) is 12.5. The van der Waals surface area contributed by atoms with E-state index in [-0.39, 0.29) is 11.9 Å². The van der Waals surface area contributed by atoms with Crippen LogP contribution in [0.3, 0.4) is 0 Å². The molecule has 1 aromatic heterocycles. The maximum atomic E-state index is 13.2. The van der Waals surface area contributed by atoms with Crippen LogP contribution in [0.4, 0.5) is 16.2 Å². The lowest BCUT2D eigenvalue weighted by molar-refractivity contribution is 0.170. The molecule has 0 spiro atoms. The van der Waals surface area contributed by atoms with Gasteiger partial charge >= 0.3 is 0 Å². The molecular weight excluding hydrogens is 283 g/mol. The van der Waals surface area contributed by atoms with Crippen molar-refractivity contribution in [1.29, 1.82) is 0 Å². The molecule has 0 radical (unpaired) electrons. The lowest BCUT2D eigenvalue weighted by atomic mass is 10.1. The van der Waals surface area contributed by atoms with E-state index in [9.17, 15) is 4.39 Å². The highest BCUT2D eigenvalue weighted by molar-refractivity contribution is 5.48. The number of piperidine rings is 1. The number of aromatic nitrogens is 2. The van der Waals surface area contributed by atoms with Crippen LogP contribution in [0.1, 0.15) is 18.4 Å². The van der Waals surface area contributed by atoms with E-state index in [1.165, 1.54) is 12.1 Å². The summed E-state index contributed by atoms with van der Waals surface area (Å²) in [7, 11) is 0. The first kappa shape index (κ1) is 14.6. The average Bonchev–Trinajstić information content (AvgIpc) is 2.51. The van der Waals surface area contributed by atoms with Crippen LogP contribution in [0.5, 0.6) is 5.75 Å². The van der Waals surface area contributed by atoms with Crippen LogP contribution in [0.15, 0.2) is 30.5 Å². The third kappa shape index (κ3) is 3.27. The minimum Gasteiger partial charge on any atom is -0.490 e. The third-order valence-corrected chi connectivity index (χ3v) is 3.80. The van der Waals surface area contributed by atoms with Crippen molar-refractivity contribution >= 4 is 11.8 Å². The Labute approximate surface area is 128 Å². The van der Waals surface area contributed by atoms with E-state index in [1.807, 2.05) is 6.92 Å². The molecule has 116 valence electrons. The lowest BCUT2D eigenvalue weighted by Gasteiger charge is -2.33. The van der Waals surface area contributed by atoms with E-state index >= 15 is 0 Å². The van der Waals surface area contributed by atoms with Crippen molar-refractivity contribution in [3.63, 3.8) is 0 Å². The summed E-state index contributed by atoms with van der Waals surface area (Å²) >= 11 is 0. The first-order chi connectivity index (χ1) is 10.6. The molecule has 22 heavy (non-hydrogen) atoms. The second kappa shape index (κ2) is 6.17. The quantitative estimate of drug-likeness (QED) is 0.944. The largest absolute Gasteiger partial charge is 0.490 e. The standard InChI is InChI=1S/C16H19FN4O/c1-11-10-19-16(18)20-15(11)21-7-5-13(6-8-21)22-14-4-2-3-12(17)9-14/h2-4,9-10,13H,5-8H2,1H3,(H2,18,19,20). The van der Waals surface area contributed by atoms with Gasteiger partial charge in [-0.25, -0.2) is 9.37 Å². The fourth-order valence-corrected chi connectivity index (χ4v) is 2.68. The Kier molecular flexibility index (Phi) is 4.09. The molecule has 2 heterocycles. The second-order valence-corrected chi connectivity index (χ2v) is 5.50. The van der Waals surface area contributed by atoms with Crippen molar-refractivity contribution in [3.05, 3.63) is 41.8 Å². The van der Waals surface area contributed by atoms with E-state index < -0.39 is 0 Å². The molecule has 1 aliphatic rings. The van der Waals surface area contributed by atoms with E-state index in [2.05, 4.69) is 14.9 Å². The van der Waals surface area contributed by atoms with Crippen molar-refractivity contribution in [2.75, 3.05) is 23.7 Å². The van der Waals surface area contributed by atoms with Gasteiger partial charge in [-0.05, 0) is 19.1 Å². The Morgan fingerprint density at radius 2 is 2.09 bits per heavy atom. The SMILES string of the molecule is Cc1cnc(N)nc1N1CCC(Oc2cccc(F)c2)CC1. The number of nitrogens with zero attached hydrogens (tertiary/aromatic N) is 3. The Hall–Kier alpha value is -2.37. The molecule has 0 unspecified atom stereocenters. The summed E-state index contributed by atoms with van der Waals surface area (Å²) in [5.41, 5.74) is 6.68. The third-order valence-electron chi connectivity index (χ3n) is 3.80. The Morgan fingerprint density at radius 3 is 2.82 bits per heavy atom. The Morgan fingerprint density at radius 1 is 1.32 bits per heavy atom. The van der Waals surface area contributed by atoms with Crippen LogP contribution < -0.4 is 15.4 Å². The number of ether oxygens (including phenoxy) is 1. The molecule has 1 aliphatic heterocycles. The van der Waals surface area contributed by atoms with Crippen LogP contribution >= 0.6 is 0 Å². The minimum atomic E-state index is -0.276. The van der Waals surface area contributed by atoms with Crippen molar-refractivity contribution in [2.45, 2.75) is 25.9 Å². The zero-order valence-electron chi connectivity index (χ0n) is 12.5. The van der Waals surface area contributed by atoms with Gasteiger partial charge in [0.15, 0.2) is 0 Å². The van der Waals surface area contributed by atoms with Gasteiger partial charge in [-0.1, -0.05) is 6.07 Å². The number of rotatable bonds is 3. The predicted octanol–water partition coefficient (Wildman–Crippen LogP) is 2.55. The molecule has 2 N–H and O–H groups in total. The number of nitrogen functional groups attached to an aromatic ring is 1. The number of aryl methyl sites for hydroxylation is 1. The van der Waals surface area contributed by atoms with E-state index in [0.29, 0.717) is 11.7 Å². The minimum absolute atomic E-state index is 0.0949. The zero-order chi connectivity index (χ0) is 15.5. The van der Waals surface area contributed by atoms with Gasteiger partial charge in [0.25, 0.3) is 0 Å². The van der Waals surface area contributed by atoms with Gasteiger partial charge in [0.1, 0.15) is 23.5 Å². The number of hydrogen-bond donors (Lipinski definition) is 1. The van der Waals surface area contributed by atoms with Crippen LogP contribution in [-0.2, 0) is 0 Å². The molecule has 0 bridgehead atoms. The summed E-state index contributed by atoms with van der Waals surface area (Å²) in [6.45, 7) is 3.64. The highest BCUT2D eigenvalue weighted by Crippen LogP contribution is 2.24.